The fourth-order valence-corrected chi connectivity index (χ4v) is 4.03. The summed E-state index contributed by atoms with van der Waals surface area (Å²) in [6.45, 7) is 4.81. The molecule has 2 fully saturated rings. The minimum atomic E-state index is 0.428. The molecule has 3 rings (SSSR count). The van der Waals surface area contributed by atoms with Crippen LogP contribution in [0.25, 0.3) is 0 Å². The molecule has 1 atom stereocenters. The van der Waals surface area contributed by atoms with Crippen LogP contribution in [-0.2, 0) is 0 Å². The summed E-state index contributed by atoms with van der Waals surface area (Å²) < 4.78 is 0. The molecule has 1 aromatic rings. The van der Waals surface area contributed by atoms with E-state index in [2.05, 4.69) is 41.4 Å². The second kappa shape index (κ2) is 5.77. The number of nitrogens with one attached hydrogen (secondary N) is 1. The number of anilines is 1. The zero-order valence-electron chi connectivity index (χ0n) is 13.0. The summed E-state index contributed by atoms with van der Waals surface area (Å²) in [6, 6.07) is 9.34. The standard InChI is InChI=1S/C18H28N2/c1-15(19-2)16-9-5-6-10-17(16)20-13-18(14-20)11-7-3-4-8-12-18/h5-6,9-10,15,19H,3-4,7-8,11-14H2,1-2H3. The van der Waals surface area contributed by atoms with Gasteiger partial charge in [-0.2, -0.15) is 0 Å². The molecule has 0 radical (unpaired) electrons. The predicted octanol–water partition coefficient (Wildman–Crippen LogP) is 4.13. The summed E-state index contributed by atoms with van der Waals surface area (Å²) in [6.07, 6.45) is 8.70. The van der Waals surface area contributed by atoms with Crippen LogP contribution in [0.4, 0.5) is 5.69 Å². The number of benzene rings is 1. The Morgan fingerprint density at radius 2 is 1.70 bits per heavy atom. The van der Waals surface area contributed by atoms with Crippen molar-refractivity contribution in [3.8, 4) is 0 Å². The summed E-state index contributed by atoms with van der Waals surface area (Å²) in [5.74, 6) is 0. The Kier molecular flexibility index (Phi) is 4.02. The van der Waals surface area contributed by atoms with E-state index in [1.165, 1.54) is 62.9 Å². The van der Waals surface area contributed by atoms with Crippen molar-refractivity contribution in [2.45, 2.75) is 51.5 Å². The molecule has 0 amide bonds. The molecule has 1 saturated heterocycles. The van der Waals surface area contributed by atoms with E-state index >= 15 is 0 Å². The van der Waals surface area contributed by atoms with Crippen LogP contribution in [0.1, 0.15) is 57.1 Å². The summed E-state index contributed by atoms with van der Waals surface area (Å²) in [7, 11) is 2.05. The van der Waals surface area contributed by atoms with Gasteiger partial charge in [0, 0.05) is 30.2 Å². The molecule has 2 nitrogen and oxygen atoms in total. The number of nitrogens with zero attached hydrogens (tertiary/aromatic N) is 1. The molecule has 2 aliphatic rings. The third-order valence-corrected chi connectivity index (χ3v) is 5.39. The van der Waals surface area contributed by atoms with Crippen LogP contribution in [-0.4, -0.2) is 20.1 Å². The highest BCUT2D eigenvalue weighted by Gasteiger charge is 2.43. The highest BCUT2D eigenvalue weighted by atomic mass is 15.2. The van der Waals surface area contributed by atoms with Gasteiger partial charge in [0.05, 0.1) is 0 Å². The van der Waals surface area contributed by atoms with Gasteiger partial charge in [-0.3, -0.25) is 0 Å². The molecule has 1 N–H and O–H groups in total. The average Bonchev–Trinajstić information content (AvgIpc) is 2.71. The fraction of sp³-hybridized carbons (Fsp3) is 0.667. The second-order valence-corrected chi connectivity index (χ2v) is 6.84. The topological polar surface area (TPSA) is 15.3 Å². The van der Waals surface area contributed by atoms with Crippen molar-refractivity contribution >= 4 is 5.69 Å². The summed E-state index contributed by atoms with van der Waals surface area (Å²) in [5, 5.41) is 3.38. The van der Waals surface area contributed by atoms with Crippen molar-refractivity contribution in [3.05, 3.63) is 29.8 Å². The van der Waals surface area contributed by atoms with Gasteiger partial charge in [0.1, 0.15) is 0 Å². The van der Waals surface area contributed by atoms with Crippen molar-refractivity contribution in [1.82, 2.24) is 5.32 Å². The second-order valence-electron chi connectivity index (χ2n) is 6.84. The molecule has 1 unspecified atom stereocenters. The highest BCUT2D eigenvalue weighted by Crippen LogP contribution is 2.45. The predicted molar refractivity (Wildman–Crippen MR) is 86.3 cm³/mol. The fourth-order valence-electron chi connectivity index (χ4n) is 4.03. The number of para-hydroxylation sites is 1. The molecule has 1 aliphatic carbocycles. The summed E-state index contributed by atoms with van der Waals surface area (Å²) >= 11 is 0. The van der Waals surface area contributed by atoms with E-state index in [4.69, 9.17) is 0 Å². The summed E-state index contributed by atoms with van der Waals surface area (Å²) in [5.41, 5.74) is 3.54. The lowest BCUT2D eigenvalue weighted by atomic mass is 9.73. The normalized spacial score (nSPS) is 23.2. The lowest BCUT2D eigenvalue weighted by Gasteiger charge is -2.52. The zero-order valence-corrected chi connectivity index (χ0v) is 13.0. The van der Waals surface area contributed by atoms with E-state index in [1.54, 1.807) is 0 Å². The van der Waals surface area contributed by atoms with Crippen molar-refractivity contribution in [2.75, 3.05) is 25.0 Å². The van der Waals surface area contributed by atoms with Crippen LogP contribution in [0.3, 0.4) is 0 Å². The molecular weight excluding hydrogens is 244 g/mol. The van der Waals surface area contributed by atoms with Gasteiger partial charge in [-0.05, 0) is 38.4 Å². The average molecular weight is 272 g/mol. The minimum absolute atomic E-state index is 0.428. The van der Waals surface area contributed by atoms with E-state index in [9.17, 15) is 0 Å². The quantitative estimate of drug-likeness (QED) is 0.890. The molecule has 0 bridgehead atoms. The SMILES string of the molecule is CNC(C)c1ccccc1N1CC2(CCCCCC2)C1. The van der Waals surface area contributed by atoms with E-state index in [0.717, 1.165) is 0 Å². The Morgan fingerprint density at radius 3 is 2.35 bits per heavy atom. The van der Waals surface area contributed by atoms with Crippen molar-refractivity contribution < 1.29 is 0 Å². The Labute approximate surface area is 123 Å². The maximum Gasteiger partial charge on any atom is 0.0415 e. The van der Waals surface area contributed by atoms with Gasteiger partial charge in [-0.25, -0.2) is 0 Å². The monoisotopic (exact) mass is 272 g/mol. The van der Waals surface area contributed by atoms with Crippen LogP contribution in [0.5, 0.6) is 0 Å². The molecule has 1 aromatic carbocycles. The smallest absolute Gasteiger partial charge is 0.0415 e. The van der Waals surface area contributed by atoms with Gasteiger partial charge in [-0.15, -0.1) is 0 Å². The van der Waals surface area contributed by atoms with Crippen molar-refractivity contribution in [2.24, 2.45) is 5.41 Å². The third kappa shape index (κ3) is 2.58. The lowest BCUT2D eigenvalue weighted by Crippen LogP contribution is -2.56. The molecule has 0 aromatic heterocycles. The number of hydrogen-bond acceptors (Lipinski definition) is 2. The first-order valence-corrected chi connectivity index (χ1v) is 8.25. The van der Waals surface area contributed by atoms with Crippen LogP contribution in [0, 0.1) is 5.41 Å². The molecule has 20 heavy (non-hydrogen) atoms. The number of rotatable bonds is 3. The molecule has 1 spiro atoms. The zero-order chi connectivity index (χ0) is 14.0. The Balaban J connectivity index is 1.73. The highest BCUT2D eigenvalue weighted by molar-refractivity contribution is 5.57. The van der Waals surface area contributed by atoms with E-state index < -0.39 is 0 Å². The number of hydrogen-bond donors (Lipinski definition) is 1. The first-order valence-electron chi connectivity index (χ1n) is 8.25. The Morgan fingerprint density at radius 1 is 1.05 bits per heavy atom. The van der Waals surface area contributed by atoms with Crippen LogP contribution < -0.4 is 10.2 Å². The summed E-state index contributed by atoms with van der Waals surface area (Å²) in [4.78, 5) is 2.61. The minimum Gasteiger partial charge on any atom is -0.370 e. The Hall–Kier alpha value is -1.02. The van der Waals surface area contributed by atoms with E-state index in [-0.39, 0.29) is 0 Å². The first kappa shape index (κ1) is 13.9. The van der Waals surface area contributed by atoms with Crippen LogP contribution in [0.2, 0.25) is 0 Å². The first-order chi connectivity index (χ1) is 9.74. The van der Waals surface area contributed by atoms with Crippen LogP contribution in [0.15, 0.2) is 24.3 Å². The molecular formula is C18H28N2. The molecule has 110 valence electrons. The van der Waals surface area contributed by atoms with Gasteiger partial charge >= 0.3 is 0 Å². The maximum absolute atomic E-state index is 3.38. The van der Waals surface area contributed by atoms with Gasteiger partial charge in [0.25, 0.3) is 0 Å². The molecule has 2 heteroatoms. The Bertz CT molecular complexity index is 438. The largest absolute Gasteiger partial charge is 0.370 e. The third-order valence-electron chi connectivity index (χ3n) is 5.39. The van der Waals surface area contributed by atoms with Gasteiger partial charge < -0.3 is 10.2 Å². The van der Waals surface area contributed by atoms with E-state index in [1.807, 2.05) is 7.05 Å². The van der Waals surface area contributed by atoms with Crippen molar-refractivity contribution in [1.29, 1.82) is 0 Å². The van der Waals surface area contributed by atoms with Gasteiger partial charge in [0.15, 0.2) is 0 Å². The van der Waals surface area contributed by atoms with Crippen LogP contribution >= 0.6 is 0 Å². The molecule has 1 saturated carbocycles. The molecule has 1 heterocycles. The van der Waals surface area contributed by atoms with Gasteiger partial charge in [-0.1, -0.05) is 43.9 Å². The van der Waals surface area contributed by atoms with Gasteiger partial charge in [0.2, 0.25) is 0 Å². The van der Waals surface area contributed by atoms with Crippen molar-refractivity contribution in [3.63, 3.8) is 0 Å². The van der Waals surface area contributed by atoms with E-state index in [0.29, 0.717) is 11.5 Å². The lowest BCUT2D eigenvalue weighted by molar-refractivity contribution is 0.180. The molecule has 1 aliphatic heterocycles. The maximum atomic E-state index is 3.38.